The number of halogens is 3. The maximum absolute atomic E-state index is 12.1. The molecule has 0 unspecified atom stereocenters. The lowest BCUT2D eigenvalue weighted by molar-refractivity contribution is -0.345. The summed E-state index contributed by atoms with van der Waals surface area (Å²) in [6.45, 7) is 2.52. The SMILES string of the molecule is Cc1nccn1CC(=O)N1CCC(OC(F)(F)F)CC1. The molecule has 1 fully saturated rings. The smallest absolute Gasteiger partial charge is 0.341 e. The molecule has 20 heavy (non-hydrogen) atoms. The number of rotatable bonds is 3. The molecule has 1 aromatic rings. The van der Waals surface area contributed by atoms with Crippen molar-refractivity contribution < 1.29 is 22.7 Å². The number of amides is 1. The predicted octanol–water partition coefficient (Wildman–Crippen LogP) is 1.72. The second kappa shape index (κ2) is 5.82. The molecule has 0 bridgehead atoms. The first-order valence-corrected chi connectivity index (χ1v) is 6.35. The van der Waals surface area contributed by atoms with E-state index in [4.69, 9.17) is 0 Å². The van der Waals surface area contributed by atoms with Crippen LogP contribution in [0.15, 0.2) is 12.4 Å². The van der Waals surface area contributed by atoms with Crippen LogP contribution >= 0.6 is 0 Å². The summed E-state index contributed by atoms with van der Waals surface area (Å²) in [7, 11) is 0. The molecule has 0 aliphatic carbocycles. The molecule has 1 aliphatic rings. The molecular weight excluding hydrogens is 275 g/mol. The van der Waals surface area contributed by atoms with Gasteiger partial charge >= 0.3 is 6.36 Å². The Balaban J connectivity index is 1.82. The highest BCUT2D eigenvalue weighted by Crippen LogP contribution is 2.24. The van der Waals surface area contributed by atoms with E-state index in [0.717, 1.165) is 5.82 Å². The Bertz CT molecular complexity index is 465. The number of likely N-dealkylation sites (tertiary alicyclic amines) is 1. The van der Waals surface area contributed by atoms with Gasteiger partial charge in [0.25, 0.3) is 0 Å². The first kappa shape index (κ1) is 14.8. The number of carbonyl (C=O) groups is 1. The van der Waals surface area contributed by atoms with Gasteiger partial charge in [-0.3, -0.25) is 9.53 Å². The zero-order valence-electron chi connectivity index (χ0n) is 11.1. The monoisotopic (exact) mass is 291 g/mol. The molecule has 0 saturated carbocycles. The minimum Gasteiger partial charge on any atom is -0.341 e. The molecule has 0 radical (unpaired) electrons. The van der Waals surface area contributed by atoms with Crippen molar-refractivity contribution in [1.82, 2.24) is 14.5 Å². The van der Waals surface area contributed by atoms with Crippen LogP contribution in [0.2, 0.25) is 0 Å². The van der Waals surface area contributed by atoms with Crippen molar-refractivity contribution in [2.75, 3.05) is 13.1 Å². The maximum atomic E-state index is 12.1. The fourth-order valence-electron chi connectivity index (χ4n) is 2.23. The molecule has 0 spiro atoms. The summed E-state index contributed by atoms with van der Waals surface area (Å²) in [6, 6.07) is 0. The Kier molecular flexibility index (Phi) is 4.32. The number of piperidine rings is 1. The largest absolute Gasteiger partial charge is 0.522 e. The van der Waals surface area contributed by atoms with Crippen LogP contribution < -0.4 is 0 Å². The van der Waals surface area contributed by atoms with Crippen molar-refractivity contribution in [2.45, 2.75) is 38.8 Å². The van der Waals surface area contributed by atoms with Crippen LogP contribution in [-0.4, -0.2) is 45.9 Å². The molecule has 8 heteroatoms. The summed E-state index contributed by atoms with van der Waals surface area (Å²) in [6.07, 6.45) is -1.75. The molecule has 1 aliphatic heterocycles. The molecular formula is C12H16F3N3O2. The van der Waals surface area contributed by atoms with Gasteiger partial charge in [0.1, 0.15) is 12.4 Å². The van der Waals surface area contributed by atoms with Crippen molar-refractivity contribution in [3.8, 4) is 0 Å². The van der Waals surface area contributed by atoms with E-state index in [9.17, 15) is 18.0 Å². The number of ether oxygens (including phenoxy) is 1. The minimum atomic E-state index is -4.61. The third kappa shape index (κ3) is 3.96. The van der Waals surface area contributed by atoms with E-state index in [2.05, 4.69) is 9.72 Å². The molecule has 0 aromatic carbocycles. The normalized spacial score (nSPS) is 17.5. The highest BCUT2D eigenvalue weighted by molar-refractivity contribution is 5.76. The summed E-state index contributed by atoms with van der Waals surface area (Å²) in [5.41, 5.74) is 0. The highest BCUT2D eigenvalue weighted by atomic mass is 19.4. The van der Waals surface area contributed by atoms with Gasteiger partial charge in [0.15, 0.2) is 0 Å². The zero-order valence-corrected chi connectivity index (χ0v) is 11.1. The second-order valence-electron chi connectivity index (χ2n) is 4.75. The topological polar surface area (TPSA) is 47.4 Å². The summed E-state index contributed by atoms with van der Waals surface area (Å²) < 4.78 is 41.9. The number of imidazole rings is 1. The summed E-state index contributed by atoms with van der Waals surface area (Å²) in [5.74, 6) is 0.616. The molecule has 1 saturated heterocycles. The van der Waals surface area contributed by atoms with Crippen molar-refractivity contribution in [2.24, 2.45) is 0 Å². The van der Waals surface area contributed by atoms with Crippen LogP contribution in [0, 0.1) is 6.92 Å². The van der Waals surface area contributed by atoms with Gasteiger partial charge in [-0.05, 0) is 19.8 Å². The van der Waals surface area contributed by atoms with Gasteiger partial charge in [-0.25, -0.2) is 4.98 Å². The lowest BCUT2D eigenvalue weighted by Crippen LogP contribution is -2.43. The van der Waals surface area contributed by atoms with Gasteiger partial charge in [0.05, 0.1) is 6.10 Å². The molecule has 0 atom stereocenters. The van der Waals surface area contributed by atoms with E-state index in [1.165, 1.54) is 0 Å². The highest BCUT2D eigenvalue weighted by Gasteiger charge is 2.35. The molecule has 0 N–H and O–H groups in total. The van der Waals surface area contributed by atoms with Crippen LogP contribution in [0.25, 0.3) is 0 Å². The van der Waals surface area contributed by atoms with Crippen molar-refractivity contribution >= 4 is 5.91 Å². The fourth-order valence-corrected chi connectivity index (χ4v) is 2.23. The molecule has 1 aromatic heterocycles. The van der Waals surface area contributed by atoms with E-state index in [1.807, 2.05) is 0 Å². The molecule has 112 valence electrons. The lowest BCUT2D eigenvalue weighted by Gasteiger charge is -2.32. The number of hydrogen-bond acceptors (Lipinski definition) is 3. The second-order valence-corrected chi connectivity index (χ2v) is 4.75. The van der Waals surface area contributed by atoms with Crippen LogP contribution in [0.3, 0.4) is 0 Å². The third-order valence-electron chi connectivity index (χ3n) is 3.32. The standard InChI is InChI=1S/C12H16F3N3O2/c1-9-16-4-7-18(9)8-11(19)17-5-2-10(3-6-17)20-12(13,14)15/h4,7,10H,2-3,5-6,8H2,1H3. The third-order valence-corrected chi connectivity index (χ3v) is 3.32. The van der Waals surface area contributed by atoms with Gasteiger partial charge < -0.3 is 9.47 Å². The number of alkyl halides is 3. The number of aromatic nitrogens is 2. The van der Waals surface area contributed by atoms with E-state index < -0.39 is 12.5 Å². The molecule has 2 rings (SSSR count). The number of carbonyl (C=O) groups excluding carboxylic acids is 1. The predicted molar refractivity (Wildman–Crippen MR) is 63.7 cm³/mol. The number of nitrogens with zero attached hydrogens (tertiary/aromatic N) is 3. The van der Waals surface area contributed by atoms with Crippen molar-refractivity contribution in [3.63, 3.8) is 0 Å². The Labute approximate surface area is 114 Å². The van der Waals surface area contributed by atoms with Crippen LogP contribution in [0.1, 0.15) is 18.7 Å². The van der Waals surface area contributed by atoms with E-state index in [1.54, 1.807) is 28.8 Å². The van der Waals surface area contributed by atoms with Crippen molar-refractivity contribution in [3.05, 3.63) is 18.2 Å². The summed E-state index contributed by atoms with van der Waals surface area (Å²) in [5, 5.41) is 0. The molecule has 5 nitrogen and oxygen atoms in total. The Morgan fingerprint density at radius 2 is 2.10 bits per heavy atom. The fraction of sp³-hybridized carbons (Fsp3) is 0.667. The average molecular weight is 291 g/mol. The number of hydrogen-bond donors (Lipinski definition) is 0. The Hall–Kier alpha value is -1.57. The van der Waals surface area contributed by atoms with E-state index >= 15 is 0 Å². The lowest BCUT2D eigenvalue weighted by atomic mass is 10.1. The maximum Gasteiger partial charge on any atom is 0.522 e. The molecule has 2 heterocycles. The van der Waals surface area contributed by atoms with E-state index in [-0.39, 0.29) is 38.4 Å². The van der Waals surface area contributed by atoms with Crippen LogP contribution in [0.5, 0.6) is 0 Å². The minimum absolute atomic E-state index is 0.114. The zero-order chi connectivity index (χ0) is 14.8. The van der Waals surface area contributed by atoms with Gasteiger partial charge in [-0.15, -0.1) is 13.2 Å². The van der Waals surface area contributed by atoms with Crippen LogP contribution in [0.4, 0.5) is 13.2 Å². The van der Waals surface area contributed by atoms with E-state index in [0.29, 0.717) is 0 Å². The first-order chi connectivity index (χ1) is 9.35. The van der Waals surface area contributed by atoms with Gasteiger partial charge in [0, 0.05) is 25.5 Å². The van der Waals surface area contributed by atoms with Crippen molar-refractivity contribution in [1.29, 1.82) is 0 Å². The first-order valence-electron chi connectivity index (χ1n) is 6.35. The summed E-state index contributed by atoms with van der Waals surface area (Å²) in [4.78, 5) is 17.6. The van der Waals surface area contributed by atoms with Gasteiger partial charge in [-0.2, -0.15) is 0 Å². The number of aryl methyl sites for hydroxylation is 1. The quantitative estimate of drug-likeness (QED) is 0.852. The Morgan fingerprint density at radius 1 is 1.45 bits per heavy atom. The average Bonchev–Trinajstić information content (AvgIpc) is 2.74. The van der Waals surface area contributed by atoms with Gasteiger partial charge in [0.2, 0.25) is 5.91 Å². The summed E-state index contributed by atoms with van der Waals surface area (Å²) >= 11 is 0. The van der Waals surface area contributed by atoms with Gasteiger partial charge in [-0.1, -0.05) is 0 Å². The molecule has 1 amide bonds. The van der Waals surface area contributed by atoms with Crippen LogP contribution in [-0.2, 0) is 16.1 Å². The Morgan fingerprint density at radius 3 is 2.60 bits per heavy atom.